The van der Waals surface area contributed by atoms with Crippen LogP contribution in [0.4, 0.5) is 0 Å². The second-order valence-electron chi connectivity index (χ2n) is 6.55. The molecule has 2 aliphatic carbocycles. The minimum absolute atomic E-state index is 0.00463. The van der Waals surface area contributed by atoms with Crippen molar-refractivity contribution in [2.75, 3.05) is 0 Å². The van der Waals surface area contributed by atoms with E-state index in [0.29, 0.717) is 5.92 Å². The van der Waals surface area contributed by atoms with Gasteiger partial charge in [0, 0.05) is 0 Å². The highest BCUT2D eigenvalue weighted by atomic mass is 16.3. The first-order valence-electron chi connectivity index (χ1n) is 7.35. The Morgan fingerprint density at radius 2 is 1.44 bits per heavy atom. The van der Waals surface area contributed by atoms with Gasteiger partial charge in [0.15, 0.2) is 0 Å². The summed E-state index contributed by atoms with van der Waals surface area (Å²) in [4.78, 5) is 0. The van der Waals surface area contributed by atoms with Crippen LogP contribution in [0.3, 0.4) is 0 Å². The summed E-state index contributed by atoms with van der Waals surface area (Å²) in [5.74, 6) is 3.19. The fraction of sp³-hybridized carbons (Fsp3) is 1.00. The molecule has 2 aliphatic rings. The standard InChI is InChI=1S/C15H28O/c1-11-8-12(2)10-13(9-11)14-6-4-3-5-7-15(14)16/h11-16H,3-10H2,1-2H3. The minimum Gasteiger partial charge on any atom is -0.393 e. The van der Waals surface area contributed by atoms with Gasteiger partial charge in [-0.15, -0.1) is 0 Å². The molecule has 0 aromatic heterocycles. The van der Waals surface area contributed by atoms with Crippen molar-refractivity contribution in [1.29, 1.82) is 0 Å². The number of hydrogen-bond acceptors (Lipinski definition) is 1. The molecule has 0 aromatic carbocycles. The van der Waals surface area contributed by atoms with E-state index < -0.39 is 0 Å². The van der Waals surface area contributed by atoms with E-state index in [1.54, 1.807) is 0 Å². The third-order valence-corrected chi connectivity index (χ3v) is 4.85. The summed E-state index contributed by atoms with van der Waals surface area (Å²) < 4.78 is 0. The molecule has 2 saturated carbocycles. The number of aliphatic hydroxyl groups is 1. The van der Waals surface area contributed by atoms with Gasteiger partial charge < -0.3 is 5.11 Å². The number of rotatable bonds is 1. The molecular weight excluding hydrogens is 196 g/mol. The van der Waals surface area contributed by atoms with Gasteiger partial charge in [-0.2, -0.15) is 0 Å². The summed E-state index contributed by atoms with van der Waals surface area (Å²) in [5.41, 5.74) is 0. The van der Waals surface area contributed by atoms with E-state index in [0.717, 1.165) is 24.2 Å². The highest BCUT2D eigenvalue weighted by molar-refractivity contribution is 4.84. The molecule has 4 unspecified atom stereocenters. The molecule has 1 nitrogen and oxygen atoms in total. The SMILES string of the molecule is CC1CC(C)CC(C2CCCCCC2O)C1. The van der Waals surface area contributed by atoms with Crippen LogP contribution in [0.1, 0.15) is 65.2 Å². The quantitative estimate of drug-likeness (QED) is 0.667. The second kappa shape index (κ2) is 5.53. The lowest BCUT2D eigenvalue weighted by atomic mass is 9.69. The molecule has 0 aromatic rings. The average Bonchev–Trinajstić information content (AvgIpc) is 2.41. The minimum atomic E-state index is 0.00463. The van der Waals surface area contributed by atoms with E-state index >= 15 is 0 Å². The molecule has 0 bridgehead atoms. The van der Waals surface area contributed by atoms with Crippen molar-refractivity contribution < 1.29 is 5.11 Å². The van der Waals surface area contributed by atoms with Gasteiger partial charge in [-0.25, -0.2) is 0 Å². The Morgan fingerprint density at radius 1 is 0.812 bits per heavy atom. The van der Waals surface area contributed by atoms with Crippen LogP contribution in [0.2, 0.25) is 0 Å². The maximum Gasteiger partial charge on any atom is 0.0571 e. The van der Waals surface area contributed by atoms with Crippen LogP contribution in [-0.2, 0) is 0 Å². The fourth-order valence-electron chi connectivity index (χ4n) is 4.23. The zero-order valence-electron chi connectivity index (χ0n) is 11.0. The van der Waals surface area contributed by atoms with Crippen LogP contribution in [0.15, 0.2) is 0 Å². The maximum atomic E-state index is 10.3. The van der Waals surface area contributed by atoms with Crippen LogP contribution in [0, 0.1) is 23.7 Å². The van der Waals surface area contributed by atoms with Gasteiger partial charge in [0.2, 0.25) is 0 Å². The lowest BCUT2D eigenvalue weighted by molar-refractivity contribution is 0.0355. The molecule has 1 heteroatoms. The molecule has 2 rings (SSSR count). The van der Waals surface area contributed by atoms with Crippen LogP contribution in [0.5, 0.6) is 0 Å². The smallest absolute Gasteiger partial charge is 0.0571 e. The molecule has 0 aliphatic heterocycles. The Morgan fingerprint density at radius 3 is 2.12 bits per heavy atom. The largest absolute Gasteiger partial charge is 0.393 e. The van der Waals surface area contributed by atoms with Gasteiger partial charge in [-0.05, 0) is 55.8 Å². The Labute approximate surface area is 101 Å². The third-order valence-electron chi connectivity index (χ3n) is 4.85. The number of aliphatic hydroxyl groups excluding tert-OH is 1. The molecule has 2 fully saturated rings. The highest BCUT2D eigenvalue weighted by Crippen LogP contribution is 2.41. The summed E-state index contributed by atoms with van der Waals surface area (Å²) >= 11 is 0. The Kier molecular flexibility index (Phi) is 4.29. The van der Waals surface area contributed by atoms with Gasteiger partial charge in [0.05, 0.1) is 6.10 Å². The third kappa shape index (κ3) is 3.00. The summed E-state index contributed by atoms with van der Waals surface area (Å²) in [7, 11) is 0. The monoisotopic (exact) mass is 224 g/mol. The zero-order chi connectivity index (χ0) is 11.5. The Hall–Kier alpha value is -0.0400. The fourth-order valence-corrected chi connectivity index (χ4v) is 4.23. The second-order valence-corrected chi connectivity index (χ2v) is 6.55. The molecule has 0 heterocycles. The first-order chi connectivity index (χ1) is 7.66. The van der Waals surface area contributed by atoms with Crippen LogP contribution in [-0.4, -0.2) is 11.2 Å². The molecule has 94 valence electrons. The molecule has 0 radical (unpaired) electrons. The average molecular weight is 224 g/mol. The Balaban J connectivity index is 1.98. The lowest BCUT2D eigenvalue weighted by Crippen LogP contribution is -2.32. The molecule has 4 atom stereocenters. The van der Waals surface area contributed by atoms with E-state index in [1.165, 1.54) is 44.9 Å². The van der Waals surface area contributed by atoms with Crippen molar-refractivity contribution in [2.45, 2.75) is 71.3 Å². The van der Waals surface area contributed by atoms with E-state index in [9.17, 15) is 5.11 Å². The lowest BCUT2D eigenvalue weighted by Gasteiger charge is -2.38. The first-order valence-corrected chi connectivity index (χ1v) is 7.35. The van der Waals surface area contributed by atoms with E-state index in [4.69, 9.17) is 0 Å². The van der Waals surface area contributed by atoms with Crippen LogP contribution in [0.25, 0.3) is 0 Å². The summed E-state index contributed by atoms with van der Waals surface area (Å²) in [5, 5.41) is 10.3. The number of hydrogen-bond donors (Lipinski definition) is 1. The van der Waals surface area contributed by atoms with Gasteiger partial charge in [-0.3, -0.25) is 0 Å². The van der Waals surface area contributed by atoms with Crippen molar-refractivity contribution in [1.82, 2.24) is 0 Å². The van der Waals surface area contributed by atoms with Gasteiger partial charge in [-0.1, -0.05) is 33.1 Å². The summed E-state index contributed by atoms with van der Waals surface area (Å²) in [6.07, 6.45) is 10.4. The van der Waals surface area contributed by atoms with E-state index in [1.807, 2.05) is 0 Å². The molecule has 1 N–H and O–H groups in total. The zero-order valence-corrected chi connectivity index (χ0v) is 11.0. The van der Waals surface area contributed by atoms with Crippen molar-refractivity contribution in [3.63, 3.8) is 0 Å². The molecular formula is C15H28O. The van der Waals surface area contributed by atoms with Crippen molar-refractivity contribution in [3.05, 3.63) is 0 Å². The van der Waals surface area contributed by atoms with Crippen molar-refractivity contribution in [2.24, 2.45) is 23.7 Å². The molecule has 0 saturated heterocycles. The van der Waals surface area contributed by atoms with Crippen molar-refractivity contribution >= 4 is 0 Å². The summed E-state index contributed by atoms with van der Waals surface area (Å²) in [6.45, 7) is 4.79. The molecule has 0 amide bonds. The summed E-state index contributed by atoms with van der Waals surface area (Å²) in [6, 6.07) is 0. The maximum absolute atomic E-state index is 10.3. The van der Waals surface area contributed by atoms with E-state index in [-0.39, 0.29) is 6.10 Å². The van der Waals surface area contributed by atoms with Crippen molar-refractivity contribution in [3.8, 4) is 0 Å². The van der Waals surface area contributed by atoms with Gasteiger partial charge in [0.25, 0.3) is 0 Å². The van der Waals surface area contributed by atoms with Gasteiger partial charge in [0.1, 0.15) is 0 Å². The molecule has 0 spiro atoms. The predicted octanol–water partition coefficient (Wildman–Crippen LogP) is 4.00. The van der Waals surface area contributed by atoms with Crippen LogP contribution < -0.4 is 0 Å². The normalized spacial score (nSPS) is 46.3. The van der Waals surface area contributed by atoms with E-state index in [2.05, 4.69) is 13.8 Å². The topological polar surface area (TPSA) is 20.2 Å². The molecule has 16 heavy (non-hydrogen) atoms. The first kappa shape index (κ1) is 12.4. The van der Waals surface area contributed by atoms with Gasteiger partial charge >= 0.3 is 0 Å². The predicted molar refractivity (Wildman–Crippen MR) is 68.3 cm³/mol. The van der Waals surface area contributed by atoms with Crippen LogP contribution >= 0.6 is 0 Å². The highest BCUT2D eigenvalue weighted by Gasteiger charge is 2.34. The Bertz CT molecular complexity index is 203.